The van der Waals surface area contributed by atoms with Gasteiger partial charge in [-0.2, -0.15) is 10.2 Å². The van der Waals surface area contributed by atoms with Gasteiger partial charge in [-0.3, -0.25) is 9.78 Å². The summed E-state index contributed by atoms with van der Waals surface area (Å²) in [5.41, 5.74) is 1.63. The minimum absolute atomic E-state index is 0.250. The third-order valence-corrected chi connectivity index (χ3v) is 5.89. The Hall–Kier alpha value is -3.61. The minimum atomic E-state index is -0.371. The molecular weight excluding hydrogens is 450 g/mol. The van der Waals surface area contributed by atoms with E-state index >= 15 is 0 Å². The van der Waals surface area contributed by atoms with Crippen LogP contribution in [0.3, 0.4) is 0 Å². The van der Waals surface area contributed by atoms with Crippen molar-refractivity contribution in [2.24, 2.45) is 0 Å². The average molecular weight is 468 g/mol. The molecule has 8 nitrogen and oxygen atoms in total. The maximum absolute atomic E-state index is 12.8. The maximum Gasteiger partial charge on any atom is 0.253 e. The second-order valence-electron chi connectivity index (χ2n) is 6.87. The van der Waals surface area contributed by atoms with Crippen molar-refractivity contribution in [3.05, 3.63) is 74.1 Å². The molecule has 3 aromatic heterocycles. The Bertz CT molecular complexity index is 1360. The lowest BCUT2D eigenvalue weighted by Gasteiger charge is -2.14. The largest absolute Gasteiger partial charge is 0.486 e. The summed E-state index contributed by atoms with van der Waals surface area (Å²) in [6, 6.07) is 12.5. The normalized spacial score (nSPS) is 11.7. The third-order valence-electron chi connectivity index (χ3n) is 4.72. The number of thiazole rings is 1. The summed E-state index contributed by atoms with van der Waals surface area (Å²) in [5.74, 6) is 0.711. The molecule has 0 amide bonds. The zero-order valence-corrected chi connectivity index (χ0v) is 18.8. The monoisotopic (exact) mass is 467 g/mol. The van der Waals surface area contributed by atoms with Crippen molar-refractivity contribution in [2.75, 3.05) is 12.4 Å². The highest BCUT2D eigenvalue weighted by molar-refractivity contribution is 7.16. The molecule has 0 fully saturated rings. The van der Waals surface area contributed by atoms with Gasteiger partial charge in [0, 0.05) is 23.2 Å². The van der Waals surface area contributed by atoms with Gasteiger partial charge in [0.05, 0.1) is 29.4 Å². The number of nitriles is 1. The molecular formula is C22H18ClN5O3S. The second kappa shape index (κ2) is 9.26. The molecule has 0 aliphatic carbocycles. The van der Waals surface area contributed by atoms with Crippen LogP contribution in [-0.4, -0.2) is 22.1 Å². The van der Waals surface area contributed by atoms with E-state index in [9.17, 15) is 4.79 Å². The van der Waals surface area contributed by atoms with Crippen LogP contribution in [0.4, 0.5) is 5.13 Å². The fourth-order valence-electron chi connectivity index (χ4n) is 3.13. The Labute approximate surface area is 192 Å². The fourth-order valence-corrected chi connectivity index (χ4v) is 4.18. The Morgan fingerprint density at radius 2 is 2.19 bits per heavy atom. The molecule has 0 unspecified atom stereocenters. The summed E-state index contributed by atoms with van der Waals surface area (Å²) >= 11 is 7.58. The number of nitrogens with zero attached hydrogens (tertiary/aromatic N) is 3. The molecule has 4 rings (SSSR count). The van der Waals surface area contributed by atoms with Gasteiger partial charge in [0.25, 0.3) is 5.56 Å². The highest BCUT2D eigenvalue weighted by Crippen LogP contribution is 2.32. The molecule has 0 spiro atoms. The van der Waals surface area contributed by atoms with E-state index in [1.807, 2.05) is 31.2 Å². The van der Waals surface area contributed by atoms with Crippen LogP contribution in [0.15, 0.2) is 47.4 Å². The predicted octanol–water partition coefficient (Wildman–Crippen LogP) is 4.67. The quantitative estimate of drug-likeness (QED) is 0.406. The van der Waals surface area contributed by atoms with E-state index in [4.69, 9.17) is 26.3 Å². The molecule has 0 saturated heterocycles. The molecule has 0 aliphatic rings. The van der Waals surface area contributed by atoms with Gasteiger partial charge in [-0.15, -0.1) is 0 Å². The number of aromatic nitrogens is 3. The van der Waals surface area contributed by atoms with Gasteiger partial charge in [0.1, 0.15) is 18.4 Å². The molecule has 0 aliphatic heterocycles. The van der Waals surface area contributed by atoms with E-state index in [1.54, 1.807) is 24.4 Å². The smallest absolute Gasteiger partial charge is 0.253 e. The number of fused-ring (bicyclic) bond motifs is 1. The Kier molecular flexibility index (Phi) is 6.25. The summed E-state index contributed by atoms with van der Waals surface area (Å²) in [5, 5.41) is 14.0. The van der Waals surface area contributed by atoms with Gasteiger partial charge in [-0.25, -0.2) is 0 Å². The number of ether oxygens (including phenoxy) is 2. The molecule has 10 heteroatoms. The van der Waals surface area contributed by atoms with E-state index < -0.39 is 0 Å². The van der Waals surface area contributed by atoms with Gasteiger partial charge in [0.15, 0.2) is 10.0 Å². The molecule has 1 aromatic carbocycles. The lowest BCUT2D eigenvalue weighted by Crippen LogP contribution is -2.19. The number of aromatic amines is 1. The minimum Gasteiger partial charge on any atom is -0.486 e. The molecule has 162 valence electrons. The van der Waals surface area contributed by atoms with Crippen molar-refractivity contribution in [2.45, 2.75) is 19.6 Å². The first kappa shape index (κ1) is 21.6. The number of benzene rings is 1. The topological polar surface area (TPSA) is 113 Å². The van der Waals surface area contributed by atoms with Crippen LogP contribution in [0.5, 0.6) is 11.6 Å². The van der Waals surface area contributed by atoms with Crippen LogP contribution in [0.1, 0.15) is 29.1 Å². The molecule has 1 atom stereocenters. The second-order valence-corrected chi connectivity index (χ2v) is 8.27. The molecule has 4 aromatic rings. The number of nitrogens with one attached hydrogen (secondary N) is 2. The number of anilines is 1. The number of hydrogen-bond donors (Lipinski definition) is 2. The molecule has 0 radical (unpaired) electrons. The number of halogens is 1. The SMILES string of the molecule is COc1nc(N[C@@H](C)c2cc3cc(Cl)c(OCc4ccccn4)cc3[nH]c2=O)sc1C#N. The molecule has 32 heavy (non-hydrogen) atoms. The van der Waals surface area contributed by atoms with Crippen LogP contribution in [0.2, 0.25) is 5.02 Å². The summed E-state index contributed by atoms with van der Waals surface area (Å²) < 4.78 is 10.9. The Balaban J connectivity index is 1.58. The van der Waals surface area contributed by atoms with Crippen molar-refractivity contribution >= 4 is 39.0 Å². The number of methoxy groups -OCH3 is 1. The lowest BCUT2D eigenvalue weighted by molar-refractivity contribution is 0.302. The summed E-state index contributed by atoms with van der Waals surface area (Å²) in [6.07, 6.45) is 1.69. The van der Waals surface area contributed by atoms with Crippen LogP contribution in [0.25, 0.3) is 10.9 Å². The first-order valence-corrected chi connectivity index (χ1v) is 10.8. The number of hydrogen-bond acceptors (Lipinski definition) is 8. The third kappa shape index (κ3) is 4.51. The number of pyridine rings is 2. The highest BCUT2D eigenvalue weighted by atomic mass is 35.5. The summed E-state index contributed by atoms with van der Waals surface area (Å²) in [7, 11) is 1.45. The van der Waals surface area contributed by atoms with Gasteiger partial charge in [-0.05, 0) is 31.2 Å². The average Bonchev–Trinajstić information content (AvgIpc) is 3.20. The van der Waals surface area contributed by atoms with Crippen LogP contribution < -0.4 is 20.3 Å². The zero-order chi connectivity index (χ0) is 22.7. The lowest BCUT2D eigenvalue weighted by atomic mass is 10.1. The molecule has 2 N–H and O–H groups in total. The summed E-state index contributed by atoms with van der Waals surface area (Å²) in [6.45, 7) is 2.10. The first-order valence-electron chi connectivity index (χ1n) is 9.59. The summed E-state index contributed by atoms with van der Waals surface area (Å²) in [4.78, 5) is 24.5. The zero-order valence-electron chi connectivity index (χ0n) is 17.2. The van der Waals surface area contributed by atoms with Crippen LogP contribution >= 0.6 is 22.9 Å². The van der Waals surface area contributed by atoms with Gasteiger partial charge < -0.3 is 19.8 Å². The highest BCUT2D eigenvalue weighted by Gasteiger charge is 2.17. The van der Waals surface area contributed by atoms with Crippen molar-refractivity contribution in [1.82, 2.24) is 15.0 Å². The molecule has 0 bridgehead atoms. The van der Waals surface area contributed by atoms with Crippen LogP contribution in [-0.2, 0) is 6.61 Å². The standard InChI is InChI=1S/C22H18ClN5O3S/c1-12(26-22-28-21(30-2)19(10-24)32-22)15-7-13-8-16(23)18(9-17(13)27-20(15)29)31-11-14-5-3-4-6-25-14/h3-9,12H,11H2,1-2H3,(H,26,28)(H,27,29)/t12-/m0/s1. The van der Waals surface area contributed by atoms with E-state index in [0.29, 0.717) is 31.9 Å². The Morgan fingerprint density at radius 1 is 1.34 bits per heavy atom. The fraction of sp³-hybridized carbons (Fsp3) is 0.182. The molecule has 3 heterocycles. The van der Waals surface area contributed by atoms with Crippen molar-refractivity contribution < 1.29 is 9.47 Å². The number of H-pyrrole nitrogens is 1. The maximum atomic E-state index is 12.8. The van der Waals surface area contributed by atoms with Crippen molar-refractivity contribution in [3.63, 3.8) is 0 Å². The van der Waals surface area contributed by atoms with Crippen LogP contribution in [0, 0.1) is 11.3 Å². The Morgan fingerprint density at radius 3 is 2.88 bits per heavy atom. The van der Waals surface area contributed by atoms with Crippen molar-refractivity contribution in [1.29, 1.82) is 5.26 Å². The van der Waals surface area contributed by atoms with E-state index in [1.165, 1.54) is 7.11 Å². The van der Waals surface area contributed by atoms with Gasteiger partial charge >= 0.3 is 0 Å². The van der Waals surface area contributed by atoms with E-state index in [0.717, 1.165) is 22.4 Å². The predicted molar refractivity (Wildman–Crippen MR) is 124 cm³/mol. The van der Waals surface area contributed by atoms with Gasteiger partial charge in [0.2, 0.25) is 5.88 Å². The molecule has 0 saturated carbocycles. The van der Waals surface area contributed by atoms with Gasteiger partial charge in [-0.1, -0.05) is 29.0 Å². The van der Waals surface area contributed by atoms with Crippen molar-refractivity contribution in [3.8, 4) is 17.7 Å². The van der Waals surface area contributed by atoms with E-state index in [-0.39, 0.29) is 24.1 Å². The number of rotatable bonds is 7. The first-order chi connectivity index (χ1) is 15.5. The van der Waals surface area contributed by atoms with E-state index in [2.05, 4.69) is 20.3 Å².